The summed E-state index contributed by atoms with van der Waals surface area (Å²) in [5.74, 6) is 0.557. The van der Waals surface area contributed by atoms with Crippen LogP contribution in [0.4, 0.5) is 0 Å². The van der Waals surface area contributed by atoms with Crippen LogP contribution in [-0.4, -0.2) is 11.0 Å². The summed E-state index contributed by atoms with van der Waals surface area (Å²) in [5.41, 5.74) is 2.73. The van der Waals surface area contributed by atoms with E-state index in [1.807, 2.05) is 24.3 Å². The fourth-order valence-electron chi connectivity index (χ4n) is 1.86. The molecule has 1 heterocycles. The van der Waals surface area contributed by atoms with Crippen molar-refractivity contribution < 1.29 is 13.9 Å². The van der Waals surface area contributed by atoms with E-state index in [0.717, 1.165) is 16.7 Å². The number of hydrogen-bond acceptors (Lipinski definition) is 4. The van der Waals surface area contributed by atoms with Gasteiger partial charge >= 0.3 is 5.97 Å². The molecule has 0 saturated carbocycles. The van der Waals surface area contributed by atoms with Crippen LogP contribution in [-0.2, 0) is 4.79 Å². The third kappa shape index (κ3) is 2.69. The van der Waals surface area contributed by atoms with Gasteiger partial charge in [0.2, 0.25) is 5.89 Å². The van der Waals surface area contributed by atoms with Crippen molar-refractivity contribution in [3.63, 3.8) is 0 Å². The summed E-state index contributed by atoms with van der Waals surface area (Å²) >= 11 is 0. The minimum Gasteiger partial charge on any atom is -0.436 e. The number of ether oxygens (including phenoxy) is 1. The Balaban J connectivity index is 1.86. The van der Waals surface area contributed by atoms with Gasteiger partial charge in [0.15, 0.2) is 5.58 Å². The second-order valence-electron chi connectivity index (χ2n) is 4.68. The van der Waals surface area contributed by atoms with Crippen molar-refractivity contribution in [3.8, 4) is 17.2 Å². The number of hydrogen-bond donors (Lipinski definition) is 0. The third-order valence-corrected chi connectivity index (χ3v) is 2.95. The van der Waals surface area contributed by atoms with E-state index in [1.54, 1.807) is 31.2 Å². The van der Waals surface area contributed by atoms with Crippen LogP contribution in [0.2, 0.25) is 0 Å². The van der Waals surface area contributed by atoms with E-state index < -0.39 is 5.97 Å². The van der Waals surface area contributed by atoms with Crippen molar-refractivity contribution in [3.05, 3.63) is 60.7 Å². The number of carbonyl (C=O) groups excluding carboxylic acids is 1. The molecule has 4 heteroatoms. The van der Waals surface area contributed by atoms with E-state index in [9.17, 15) is 4.79 Å². The highest BCUT2D eigenvalue weighted by atomic mass is 16.5. The molecule has 4 nitrogen and oxygen atoms in total. The summed E-state index contributed by atoms with van der Waals surface area (Å²) in [4.78, 5) is 15.8. The molecule has 0 radical (unpaired) electrons. The zero-order chi connectivity index (χ0) is 14.8. The Morgan fingerprint density at radius 1 is 1.14 bits per heavy atom. The zero-order valence-electron chi connectivity index (χ0n) is 11.5. The molecule has 3 aromatic rings. The van der Waals surface area contributed by atoms with Gasteiger partial charge in [-0.25, -0.2) is 9.78 Å². The molecule has 2 aromatic carbocycles. The number of esters is 1. The molecule has 0 fully saturated rings. The minimum absolute atomic E-state index is 0.359. The van der Waals surface area contributed by atoms with Crippen molar-refractivity contribution in [1.29, 1.82) is 0 Å². The van der Waals surface area contributed by atoms with Crippen molar-refractivity contribution in [2.75, 3.05) is 0 Å². The molecule has 0 aliphatic heterocycles. The third-order valence-electron chi connectivity index (χ3n) is 2.95. The summed E-state index contributed by atoms with van der Waals surface area (Å²) in [5, 5.41) is 0. The average Bonchev–Trinajstić information content (AvgIpc) is 2.91. The molecular weight excluding hydrogens is 266 g/mol. The number of para-hydroxylation sites is 2. The molecule has 3 rings (SSSR count). The largest absolute Gasteiger partial charge is 0.436 e. The fraction of sp³-hybridized carbons (Fsp3) is 0.0588. The lowest BCUT2D eigenvalue weighted by Crippen LogP contribution is -2.07. The van der Waals surface area contributed by atoms with Crippen LogP contribution >= 0.6 is 0 Å². The molecule has 0 spiro atoms. The molecule has 0 atom stereocenters. The Bertz CT molecular complexity index is 782. The van der Waals surface area contributed by atoms with Gasteiger partial charge in [0.25, 0.3) is 0 Å². The highest BCUT2D eigenvalue weighted by molar-refractivity contribution is 5.88. The molecule has 0 saturated heterocycles. The van der Waals surface area contributed by atoms with Crippen molar-refractivity contribution in [2.45, 2.75) is 6.92 Å². The Hall–Kier alpha value is -2.88. The first kappa shape index (κ1) is 13.1. The molecule has 21 heavy (non-hydrogen) atoms. The molecular formula is C17H13NO3. The monoisotopic (exact) mass is 279 g/mol. The van der Waals surface area contributed by atoms with Crippen molar-refractivity contribution in [1.82, 2.24) is 4.98 Å². The average molecular weight is 279 g/mol. The SMILES string of the molecule is C=C(C)C(=O)Oc1ccc(-c2nc3ccccc3o2)cc1. The molecule has 0 unspecified atom stereocenters. The number of carbonyl (C=O) groups is 1. The molecule has 0 amide bonds. The van der Waals surface area contributed by atoms with E-state index in [4.69, 9.17) is 9.15 Å². The number of rotatable bonds is 3. The normalized spacial score (nSPS) is 10.5. The quantitative estimate of drug-likeness (QED) is 0.413. The summed E-state index contributed by atoms with van der Waals surface area (Å²) in [6.07, 6.45) is 0. The van der Waals surface area contributed by atoms with E-state index in [2.05, 4.69) is 11.6 Å². The molecule has 1 aromatic heterocycles. The summed E-state index contributed by atoms with van der Waals surface area (Å²) in [6.45, 7) is 5.15. The lowest BCUT2D eigenvalue weighted by molar-refractivity contribution is -0.130. The lowest BCUT2D eigenvalue weighted by Gasteiger charge is -2.03. The first-order chi connectivity index (χ1) is 10.1. The van der Waals surface area contributed by atoms with E-state index in [-0.39, 0.29) is 0 Å². The number of oxazole rings is 1. The van der Waals surface area contributed by atoms with Crippen LogP contribution in [0.15, 0.2) is 65.1 Å². The number of benzene rings is 2. The number of aromatic nitrogens is 1. The smallest absolute Gasteiger partial charge is 0.338 e. The van der Waals surface area contributed by atoms with Gasteiger partial charge in [0.05, 0.1) is 0 Å². The molecule has 104 valence electrons. The van der Waals surface area contributed by atoms with Gasteiger partial charge in [0, 0.05) is 11.1 Å². The van der Waals surface area contributed by atoms with E-state index in [1.165, 1.54) is 0 Å². The van der Waals surface area contributed by atoms with Crippen LogP contribution in [0.5, 0.6) is 5.75 Å². The van der Waals surface area contributed by atoms with Gasteiger partial charge in [-0.1, -0.05) is 18.7 Å². The molecule has 0 bridgehead atoms. The fourth-order valence-corrected chi connectivity index (χ4v) is 1.86. The van der Waals surface area contributed by atoms with Gasteiger partial charge in [-0.2, -0.15) is 0 Å². The molecule has 0 aliphatic carbocycles. The summed E-state index contributed by atoms with van der Waals surface area (Å²) in [6, 6.07) is 14.6. The highest BCUT2D eigenvalue weighted by Crippen LogP contribution is 2.25. The second-order valence-corrected chi connectivity index (χ2v) is 4.68. The minimum atomic E-state index is -0.440. The highest BCUT2D eigenvalue weighted by Gasteiger charge is 2.09. The standard InChI is InChI=1S/C17H13NO3/c1-11(2)17(19)20-13-9-7-12(8-10-13)16-18-14-5-3-4-6-15(14)21-16/h3-10H,1H2,2H3. The van der Waals surface area contributed by atoms with Gasteiger partial charge in [-0.15, -0.1) is 0 Å². The maximum Gasteiger partial charge on any atom is 0.338 e. The van der Waals surface area contributed by atoms with Crippen LogP contribution in [0.1, 0.15) is 6.92 Å². The number of fused-ring (bicyclic) bond motifs is 1. The van der Waals surface area contributed by atoms with Crippen LogP contribution in [0, 0.1) is 0 Å². The van der Waals surface area contributed by atoms with Crippen molar-refractivity contribution in [2.24, 2.45) is 0 Å². The maximum absolute atomic E-state index is 11.4. The lowest BCUT2D eigenvalue weighted by atomic mass is 10.2. The molecule has 0 aliphatic rings. The summed E-state index contributed by atoms with van der Waals surface area (Å²) < 4.78 is 10.8. The topological polar surface area (TPSA) is 52.3 Å². The first-order valence-electron chi connectivity index (χ1n) is 6.47. The van der Waals surface area contributed by atoms with Gasteiger partial charge in [0.1, 0.15) is 11.3 Å². The zero-order valence-corrected chi connectivity index (χ0v) is 11.5. The van der Waals surface area contributed by atoms with Crippen LogP contribution < -0.4 is 4.74 Å². The Kier molecular flexibility index (Phi) is 3.28. The Morgan fingerprint density at radius 3 is 2.52 bits per heavy atom. The second kappa shape index (κ2) is 5.25. The Labute approximate surface area is 121 Å². The van der Waals surface area contributed by atoms with E-state index in [0.29, 0.717) is 17.2 Å². The first-order valence-corrected chi connectivity index (χ1v) is 6.47. The van der Waals surface area contributed by atoms with Crippen LogP contribution in [0.25, 0.3) is 22.6 Å². The van der Waals surface area contributed by atoms with Gasteiger partial charge in [-0.05, 0) is 43.3 Å². The van der Waals surface area contributed by atoms with Crippen LogP contribution in [0.3, 0.4) is 0 Å². The van der Waals surface area contributed by atoms with E-state index >= 15 is 0 Å². The van der Waals surface area contributed by atoms with Crippen molar-refractivity contribution >= 4 is 17.1 Å². The predicted octanol–water partition coefficient (Wildman–Crippen LogP) is 3.98. The summed E-state index contributed by atoms with van der Waals surface area (Å²) in [7, 11) is 0. The van der Waals surface area contributed by atoms with Gasteiger partial charge < -0.3 is 9.15 Å². The predicted molar refractivity (Wildman–Crippen MR) is 79.9 cm³/mol. The Morgan fingerprint density at radius 2 is 1.86 bits per heavy atom. The molecule has 0 N–H and O–H groups in total. The van der Waals surface area contributed by atoms with Gasteiger partial charge in [-0.3, -0.25) is 0 Å². The maximum atomic E-state index is 11.4. The number of nitrogens with zero attached hydrogens (tertiary/aromatic N) is 1.